The summed E-state index contributed by atoms with van der Waals surface area (Å²) in [6.45, 7) is 3.07. The molecule has 2 amide bonds. The number of benzene rings is 1. The van der Waals surface area contributed by atoms with E-state index in [1.54, 1.807) is 11.9 Å². The van der Waals surface area contributed by atoms with Crippen LogP contribution in [0.25, 0.3) is 0 Å². The third-order valence-electron chi connectivity index (χ3n) is 5.40. The lowest BCUT2D eigenvalue weighted by Gasteiger charge is -2.16. The fourth-order valence-electron chi connectivity index (χ4n) is 4.13. The van der Waals surface area contributed by atoms with Crippen molar-refractivity contribution in [3.63, 3.8) is 0 Å². The maximum absolute atomic E-state index is 12.3. The van der Waals surface area contributed by atoms with Crippen LogP contribution >= 0.6 is 0 Å². The van der Waals surface area contributed by atoms with Crippen LogP contribution in [-0.2, 0) is 13.0 Å². The number of nitrogens with zero attached hydrogens (tertiary/aromatic N) is 2. The minimum absolute atomic E-state index is 0.0485. The van der Waals surface area contributed by atoms with Crippen molar-refractivity contribution < 1.29 is 9.32 Å². The Morgan fingerprint density at radius 3 is 3.04 bits per heavy atom. The summed E-state index contributed by atoms with van der Waals surface area (Å²) in [5.74, 6) is 2.72. The van der Waals surface area contributed by atoms with Crippen LogP contribution in [0.1, 0.15) is 34.9 Å². The summed E-state index contributed by atoms with van der Waals surface area (Å²) in [6.07, 6.45) is 2.42. The van der Waals surface area contributed by atoms with Gasteiger partial charge in [-0.05, 0) is 48.6 Å². The molecule has 5 nitrogen and oxygen atoms in total. The molecular weight excluding hydrogens is 302 g/mol. The molecule has 1 fully saturated rings. The fraction of sp³-hybridized carbons (Fsp3) is 0.474. The Morgan fingerprint density at radius 1 is 1.42 bits per heavy atom. The third kappa shape index (κ3) is 2.79. The van der Waals surface area contributed by atoms with Crippen LogP contribution in [0.5, 0.6) is 0 Å². The van der Waals surface area contributed by atoms with Gasteiger partial charge in [0, 0.05) is 19.7 Å². The van der Waals surface area contributed by atoms with E-state index in [4.69, 9.17) is 4.52 Å². The standard InChI is InChI=1S/C19H23N3O2/c1-12-9-14(21-24-12)11-22(2)19(23)20-10-17-16-8-7-13-5-3-4-6-15(13)18(16)17/h3-6,9,16-18H,7-8,10-11H2,1-2H3,(H,20,23)/t16-,17+,18-/m0/s1. The van der Waals surface area contributed by atoms with Gasteiger partial charge in [-0.2, -0.15) is 0 Å². The molecule has 2 aromatic rings. The highest BCUT2D eigenvalue weighted by atomic mass is 16.5. The number of amides is 2. The lowest BCUT2D eigenvalue weighted by Crippen LogP contribution is -2.38. The van der Waals surface area contributed by atoms with Crippen molar-refractivity contribution in [3.05, 3.63) is 52.9 Å². The molecule has 0 aliphatic heterocycles. The molecule has 0 spiro atoms. The third-order valence-corrected chi connectivity index (χ3v) is 5.40. The van der Waals surface area contributed by atoms with E-state index in [0.717, 1.165) is 23.9 Å². The Balaban J connectivity index is 1.31. The summed E-state index contributed by atoms with van der Waals surface area (Å²) in [7, 11) is 1.79. The normalized spacial score (nSPS) is 24.0. The van der Waals surface area contributed by atoms with Gasteiger partial charge >= 0.3 is 6.03 Å². The summed E-state index contributed by atoms with van der Waals surface area (Å²) in [4.78, 5) is 13.9. The minimum atomic E-state index is -0.0485. The molecule has 2 aliphatic carbocycles. The first-order valence-corrected chi connectivity index (χ1v) is 8.62. The van der Waals surface area contributed by atoms with Crippen molar-refractivity contribution in [1.29, 1.82) is 0 Å². The molecule has 24 heavy (non-hydrogen) atoms. The van der Waals surface area contributed by atoms with E-state index in [2.05, 4.69) is 34.7 Å². The number of rotatable bonds is 4. The number of urea groups is 1. The number of fused-ring (bicyclic) bond motifs is 3. The first kappa shape index (κ1) is 15.2. The Kier molecular flexibility index (Phi) is 3.79. The second kappa shape index (κ2) is 5.96. The summed E-state index contributed by atoms with van der Waals surface area (Å²) in [5, 5.41) is 7.02. The van der Waals surface area contributed by atoms with Gasteiger partial charge in [-0.25, -0.2) is 4.79 Å². The van der Waals surface area contributed by atoms with Gasteiger partial charge in [0.1, 0.15) is 11.5 Å². The molecule has 3 atom stereocenters. The smallest absolute Gasteiger partial charge is 0.317 e. The van der Waals surface area contributed by atoms with Gasteiger partial charge in [-0.1, -0.05) is 29.4 Å². The number of carbonyl (C=O) groups is 1. The highest BCUT2D eigenvalue weighted by Gasteiger charge is 2.52. The molecule has 1 aromatic carbocycles. The van der Waals surface area contributed by atoms with Crippen LogP contribution in [0.4, 0.5) is 4.79 Å². The zero-order valence-electron chi connectivity index (χ0n) is 14.2. The van der Waals surface area contributed by atoms with Gasteiger partial charge in [0.15, 0.2) is 0 Å². The van der Waals surface area contributed by atoms with Crippen molar-refractivity contribution in [2.75, 3.05) is 13.6 Å². The van der Waals surface area contributed by atoms with Crippen molar-refractivity contribution in [1.82, 2.24) is 15.4 Å². The zero-order chi connectivity index (χ0) is 16.7. The Bertz CT molecular complexity index is 755. The highest BCUT2D eigenvalue weighted by molar-refractivity contribution is 5.73. The lowest BCUT2D eigenvalue weighted by atomic mass is 9.92. The second-order valence-corrected chi connectivity index (χ2v) is 7.06. The molecule has 1 heterocycles. The number of nitrogens with one attached hydrogen (secondary N) is 1. The van der Waals surface area contributed by atoms with Gasteiger partial charge in [-0.3, -0.25) is 0 Å². The number of aromatic nitrogens is 1. The second-order valence-electron chi connectivity index (χ2n) is 7.06. The van der Waals surface area contributed by atoms with E-state index in [9.17, 15) is 4.79 Å². The first-order valence-electron chi connectivity index (χ1n) is 8.62. The predicted molar refractivity (Wildman–Crippen MR) is 90.6 cm³/mol. The molecular formula is C19H23N3O2. The highest BCUT2D eigenvalue weighted by Crippen LogP contribution is 2.59. The van der Waals surface area contributed by atoms with Crippen molar-refractivity contribution >= 4 is 6.03 Å². The molecule has 1 saturated carbocycles. The van der Waals surface area contributed by atoms with Crippen LogP contribution in [0, 0.1) is 18.8 Å². The molecule has 0 unspecified atom stereocenters. The molecule has 1 aromatic heterocycles. The molecule has 4 rings (SSSR count). The van der Waals surface area contributed by atoms with Crippen LogP contribution < -0.4 is 5.32 Å². The number of carbonyl (C=O) groups excluding carboxylic acids is 1. The van der Waals surface area contributed by atoms with Gasteiger partial charge in [0.05, 0.1) is 6.54 Å². The van der Waals surface area contributed by atoms with Crippen molar-refractivity contribution in [3.8, 4) is 0 Å². The molecule has 0 bridgehead atoms. The summed E-state index contributed by atoms with van der Waals surface area (Å²) in [6, 6.07) is 10.6. The maximum Gasteiger partial charge on any atom is 0.317 e. The average Bonchev–Trinajstić information content (AvgIpc) is 3.17. The van der Waals surface area contributed by atoms with Gasteiger partial charge < -0.3 is 14.7 Å². The molecule has 2 aliphatic rings. The van der Waals surface area contributed by atoms with Gasteiger partial charge in [0.2, 0.25) is 0 Å². The van der Waals surface area contributed by atoms with E-state index >= 15 is 0 Å². The van der Waals surface area contributed by atoms with E-state index in [1.165, 1.54) is 24.0 Å². The lowest BCUT2D eigenvalue weighted by molar-refractivity contribution is 0.205. The fourth-order valence-corrected chi connectivity index (χ4v) is 4.13. The number of aryl methyl sites for hydroxylation is 2. The van der Waals surface area contributed by atoms with E-state index in [-0.39, 0.29) is 6.03 Å². The largest absolute Gasteiger partial charge is 0.361 e. The Morgan fingerprint density at radius 2 is 2.25 bits per heavy atom. The number of hydrogen-bond donors (Lipinski definition) is 1. The SMILES string of the molecule is Cc1cc(CN(C)C(=O)NC[C@@H]2[C@@H]3CCc4ccccc4[C@H]23)no1. The van der Waals surface area contributed by atoms with Crippen molar-refractivity contribution in [2.24, 2.45) is 11.8 Å². The van der Waals surface area contributed by atoms with Crippen LogP contribution in [-0.4, -0.2) is 29.7 Å². The zero-order valence-corrected chi connectivity index (χ0v) is 14.2. The molecule has 0 saturated heterocycles. The van der Waals surface area contributed by atoms with E-state index in [1.807, 2.05) is 13.0 Å². The van der Waals surface area contributed by atoms with Crippen molar-refractivity contribution in [2.45, 2.75) is 32.2 Å². The average molecular weight is 325 g/mol. The predicted octanol–water partition coefficient (Wildman–Crippen LogP) is 3.10. The van der Waals surface area contributed by atoms with Crippen LogP contribution in [0.15, 0.2) is 34.9 Å². The monoisotopic (exact) mass is 325 g/mol. The molecule has 5 heteroatoms. The van der Waals surface area contributed by atoms with Crippen LogP contribution in [0.3, 0.4) is 0 Å². The first-order chi connectivity index (χ1) is 11.6. The minimum Gasteiger partial charge on any atom is -0.361 e. The quantitative estimate of drug-likeness (QED) is 0.940. The molecule has 126 valence electrons. The molecule has 1 N–H and O–H groups in total. The maximum atomic E-state index is 12.3. The number of hydrogen-bond acceptors (Lipinski definition) is 3. The molecule has 0 radical (unpaired) electrons. The topological polar surface area (TPSA) is 58.4 Å². The van der Waals surface area contributed by atoms with Crippen LogP contribution in [0.2, 0.25) is 0 Å². The van der Waals surface area contributed by atoms with Gasteiger partial charge in [-0.15, -0.1) is 0 Å². The Labute approximate surface area is 142 Å². The summed E-state index contributed by atoms with van der Waals surface area (Å²) < 4.78 is 5.04. The summed E-state index contributed by atoms with van der Waals surface area (Å²) in [5.41, 5.74) is 3.77. The van der Waals surface area contributed by atoms with E-state index < -0.39 is 0 Å². The Hall–Kier alpha value is -2.30. The summed E-state index contributed by atoms with van der Waals surface area (Å²) >= 11 is 0. The van der Waals surface area contributed by atoms with E-state index in [0.29, 0.717) is 18.4 Å². The van der Waals surface area contributed by atoms with Gasteiger partial charge in [0.25, 0.3) is 0 Å².